The SMILES string of the molecule is CCSc1ccccc1C(=O)O/N=C(/N)c1ccc(OC)c(OC)c1. The van der Waals surface area contributed by atoms with Crippen LogP contribution in [0.5, 0.6) is 11.5 Å². The molecule has 0 heterocycles. The third-order valence-corrected chi connectivity index (χ3v) is 4.27. The fourth-order valence-electron chi connectivity index (χ4n) is 2.10. The molecule has 2 N–H and O–H groups in total. The highest BCUT2D eigenvalue weighted by Crippen LogP contribution is 2.27. The van der Waals surface area contributed by atoms with E-state index >= 15 is 0 Å². The van der Waals surface area contributed by atoms with Gasteiger partial charge in [-0.15, -0.1) is 11.8 Å². The summed E-state index contributed by atoms with van der Waals surface area (Å²) >= 11 is 1.56. The number of carbonyl (C=O) groups excluding carboxylic acids is 1. The normalized spacial score (nSPS) is 11.1. The molecule has 0 amide bonds. The number of carbonyl (C=O) groups is 1. The van der Waals surface area contributed by atoms with E-state index in [1.165, 1.54) is 7.11 Å². The van der Waals surface area contributed by atoms with Gasteiger partial charge in [-0.2, -0.15) is 0 Å². The Bertz CT molecular complexity index is 777. The molecule has 0 fully saturated rings. The van der Waals surface area contributed by atoms with Gasteiger partial charge in [0.2, 0.25) is 0 Å². The second kappa shape index (κ2) is 8.98. The van der Waals surface area contributed by atoms with Gasteiger partial charge in [0.15, 0.2) is 17.3 Å². The van der Waals surface area contributed by atoms with Gasteiger partial charge in [0.05, 0.1) is 19.8 Å². The van der Waals surface area contributed by atoms with E-state index in [9.17, 15) is 4.79 Å². The van der Waals surface area contributed by atoms with E-state index in [2.05, 4.69) is 5.16 Å². The molecule has 7 heteroatoms. The second-order valence-electron chi connectivity index (χ2n) is 4.85. The smallest absolute Gasteiger partial charge is 0.366 e. The Hall–Kier alpha value is -2.67. The van der Waals surface area contributed by atoms with Crippen LogP contribution >= 0.6 is 11.8 Å². The summed E-state index contributed by atoms with van der Waals surface area (Å²) in [5.74, 6) is 1.44. The highest BCUT2D eigenvalue weighted by Gasteiger charge is 2.13. The first kappa shape index (κ1) is 18.7. The zero-order valence-corrected chi connectivity index (χ0v) is 15.1. The molecule has 0 unspecified atom stereocenters. The van der Waals surface area contributed by atoms with Crippen molar-refractivity contribution in [2.75, 3.05) is 20.0 Å². The summed E-state index contributed by atoms with van der Waals surface area (Å²) < 4.78 is 10.4. The maximum absolute atomic E-state index is 12.3. The predicted octanol–water partition coefficient (Wildman–Crippen LogP) is 3.29. The van der Waals surface area contributed by atoms with Crippen molar-refractivity contribution in [3.8, 4) is 11.5 Å². The van der Waals surface area contributed by atoms with Crippen LogP contribution in [0.3, 0.4) is 0 Å². The quantitative estimate of drug-likeness (QED) is 0.268. The van der Waals surface area contributed by atoms with Crippen LogP contribution in [0.4, 0.5) is 0 Å². The van der Waals surface area contributed by atoms with Gasteiger partial charge in [-0.3, -0.25) is 0 Å². The minimum Gasteiger partial charge on any atom is -0.493 e. The van der Waals surface area contributed by atoms with E-state index in [1.807, 2.05) is 19.1 Å². The Morgan fingerprint density at radius 1 is 1.12 bits per heavy atom. The number of rotatable bonds is 7. The molecule has 0 aliphatic rings. The predicted molar refractivity (Wildman–Crippen MR) is 98.5 cm³/mol. The highest BCUT2D eigenvalue weighted by molar-refractivity contribution is 7.99. The third-order valence-electron chi connectivity index (χ3n) is 3.31. The van der Waals surface area contributed by atoms with Crippen LogP contribution in [0.25, 0.3) is 0 Å². The molecule has 2 rings (SSSR count). The summed E-state index contributed by atoms with van der Waals surface area (Å²) in [5.41, 5.74) is 6.92. The van der Waals surface area contributed by atoms with E-state index in [-0.39, 0.29) is 5.84 Å². The fourth-order valence-corrected chi connectivity index (χ4v) is 2.90. The molecule has 2 aromatic rings. The molecular weight excluding hydrogens is 340 g/mol. The number of oxime groups is 1. The zero-order valence-electron chi connectivity index (χ0n) is 14.3. The molecule has 0 aliphatic carbocycles. The van der Waals surface area contributed by atoms with Crippen LogP contribution in [0.1, 0.15) is 22.8 Å². The number of amidine groups is 1. The average molecular weight is 360 g/mol. The van der Waals surface area contributed by atoms with Crippen molar-refractivity contribution in [3.05, 3.63) is 53.6 Å². The number of hydrogen-bond donors (Lipinski definition) is 1. The first-order valence-corrected chi connectivity index (χ1v) is 8.58. The van der Waals surface area contributed by atoms with Crippen LogP contribution in [-0.4, -0.2) is 31.8 Å². The zero-order chi connectivity index (χ0) is 18.2. The summed E-state index contributed by atoms with van der Waals surface area (Å²) in [4.78, 5) is 18.1. The van der Waals surface area contributed by atoms with E-state index in [4.69, 9.17) is 20.0 Å². The number of ether oxygens (including phenoxy) is 2. The lowest BCUT2D eigenvalue weighted by molar-refractivity contribution is 0.0512. The van der Waals surface area contributed by atoms with Gasteiger partial charge < -0.3 is 20.0 Å². The Balaban J connectivity index is 2.17. The number of nitrogens with two attached hydrogens (primary N) is 1. The van der Waals surface area contributed by atoms with E-state index < -0.39 is 5.97 Å². The molecule has 2 aromatic carbocycles. The largest absolute Gasteiger partial charge is 0.493 e. The van der Waals surface area contributed by atoms with Crippen molar-refractivity contribution < 1.29 is 19.1 Å². The van der Waals surface area contributed by atoms with Crippen LogP contribution in [0.15, 0.2) is 52.5 Å². The van der Waals surface area contributed by atoms with Crippen LogP contribution in [0, 0.1) is 0 Å². The Morgan fingerprint density at radius 2 is 1.84 bits per heavy atom. The summed E-state index contributed by atoms with van der Waals surface area (Å²) in [6.45, 7) is 2.01. The first-order chi connectivity index (χ1) is 12.1. The lowest BCUT2D eigenvalue weighted by Gasteiger charge is -2.09. The van der Waals surface area contributed by atoms with E-state index in [0.717, 1.165) is 10.6 Å². The molecule has 0 spiro atoms. The van der Waals surface area contributed by atoms with Crippen molar-refractivity contribution in [2.24, 2.45) is 10.9 Å². The van der Waals surface area contributed by atoms with Crippen LogP contribution in [0.2, 0.25) is 0 Å². The highest BCUT2D eigenvalue weighted by atomic mass is 32.2. The minimum atomic E-state index is -0.556. The van der Waals surface area contributed by atoms with Gasteiger partial charge in [0.25, 0.3) is 0 Å². The van der Waals surface area contributed by atoms with Gasteiger partial charge in [-0.05, 0) is 36.1 Å². The molecule has 6 nitrogen and oxygen atoms in total. The lowest BCUT2D eigenvalue weighted by Crippen LogP contribution is -2.15. The number of methoxy groups -OCH3 is 2. The van der Waals surface area contributed by atoms with E-state index in [1.54, 1.807) is 49.2 Å². The van der Waals surface area contributed by atoms with E-state index in [0.29, 0.717) is 22.6 Å². The molecule has 0 atom stereocenters. The molecule has 0 radical (unpaired) electrons. The molecule has 0 saturated heterocycles. The van der Waals surface area contributed by atoms with Gasteiger partial charge in [0, 0.05) is 10.5 Å². The second-order valence-corrected chi connectivity index (χ2v) is 6.16. The molecule has 0 aliphatic heterocycles. The minimum absolute atomic E-state index is 0.0647. The number of nitrogens with zero attached hydrogens (tertiary/aromatic N) is 1. The lowest BCUT2D eigenvalue weighted by atomic mass is 10.2. The average Bonchev–Trinajstić information content (AvgIpc) is 2.65. The standard InChI is InChI=1S/C18H20N2O4S/c1-4-25-16-8-6-5-7-13(16)18(21)24-20-17(19)12-9-10-14(22-2)15(11-12)23-3/h5-11H,4H2,1-3H3,(H2,19,20). The van der Waals surface area contributed by atoms with Crippen molar-refractivity contribution >= 4 is 23.6 Å². The van der Waals surface area contributed by atoms with Crippen LogP contribution in [-0.2, 0) is 4.84 Å². The summed E-state index contributed by atoms with van der Waals surface area (Å²) in [5, 5.41) is 3.74. The summed E-state index contributed by atoms with van der Waals surface area (Å²) in [6, 6.07) is 12.3. The van der Waals surface area contributed by atoms with Gasteiger partial charge in [-0.1, -0.05) is 24.2 Å². The Labute approximate surface area is 150 Å². The fraction of sp³-hybridized carbons (Fsp3) is 0.222. The molecule has 0 aromatic heterocycles. The molecule has 132 valence electrons. The number of hydrogen-bond acceptors (Lipinski definition) is 6. The maximum Gasteiger partial charge on any atom is 0.366 e. The van der Waals surface area contributed by atoms with Gasteiger partial charge in [-0.25, -0.2) is 4.79 Å². The molecule has 0 saturated carbocycles. The monoisotopic (exact) mass is 360 g/mol. The van der Waals surface area contributed by atoms with Crippen molar-refractivity contribution in [3.63, 3.8) is 0 Å². The van der Waals surface area contributed by atoms with Gasteiger partial charge in [0.1, 0.15) is 0 Å². The van der Waals surface area contributed by atoms with Crippen LogP contribution < -0.4 is 15.2 Å². The Morgan fingerprint density at radius 3 is 2.52 bits per heavy atom. The molecule has 25 heavy (non-hydrogen) atoms. The summed E-state index contributed by atoms with van der Waals surface area (Å²) in [6.07, 6.45) is 0. The maximum atomic E-state index is 12.3. The van der Waals surface area contributed by atoms with Crippen molar-refractivity contribution in [2.45, 2.75) is 11.8 Å². The first-order valence-electron chi connectivity index (χ1n) is 7.59. The van der Waals surface area contributed by atoms with Crippen molar-refractivity contribution in [1.29, 1.82) is 0 Å². The number of benzene rings is 2. The van der Waals surface area contributed by atoms with Crippen molar-refractivity contribution in [1.82, 2.24) is 0 Å². The molecule has 0 bridgehead atoms. The summed E-state index contributed by atoms with van der Waals surface area (Å²) in [7, 11) is 3.07. The molecular formula is C18H20N2O4S. The number of thioether (sulfide) groups is 1. The third kappa shape index (κ3) is 4.67. The van der Waals surface area contributed by atoms with Gasteiger partial charge >= 0.3 is 5.97 Å². The Kier molecular flexibility index (Phi) is 6.71. The topological polar surface area (TPSA) is 83.1 Å².